The van der Waals surface area contributed by atoms with E-state index in [0.717, 1.165) is 24.2 Å². The summed E-state index contributed by atoms with van der Waals surface area (Å²) in [6.07, 6.45) is 3.80. The molecule has 2 N–H and O–H groups in total. The van der Waals surface area contributed by atoms with E-state index in [9.17, 15) is 4.79 Å². The maximum Gasteiger partial charge on any atom is 0.242 e. The molecular weight excluding hydrogens is 228 g/mol. The molecule has 1 amide bonds. The highest BCUT2D eigenvalue weighted by Crippen LogP contribution is 2.12. The third-order valence-electron chi connectivity index (χ3n) is 3.11. The molecule has 102 valence electrons. The van der Waals surface area contributed by atoms with Gasteiger partial charge in [0.25, 0.3) is 0 Å². The Bertz CT molecular complexity index is 396. The third kappa shape index (κ3) is 3.75. The summed E-state index contributed by atoms with van der Waals surface area (Å²) in [6.45, 7) is 7.95. The Hall–Kier alpha value is -1.52. The van der Waals surface area contributed by atoms with Crippen LogP contribution in [0.2, 0.25) is 0 Å². The van der Waals surface area contributed by atoms with Crippen LogP contribution in [0, 0.1) is 6.92 Å². The monoisotopic (exact) mass is 252 g/mol. The molecule has 1 atom stereocenters. The van der Waals surface area contributed by atoms with E-state index in [2.05, 4.69) is 29.6 Å². The van der Waals surface area contributed by atoms with Crippen LogP contribution in [0.3, 0.4) is 0 Å². The van der Waals surface area contributed by atoms with E-state index >= 15 is 0 Å². The summed E-state index contributed by atoms with van der Waals surface area (Å²) in [5.74, 6) is 0.0342. The van der Waals surface area contributed by atoms with E-state index in [4.69, 9.17) is 0 Å². The van der Waals surface area contributed by atoms with Gasteiger partial charge in [-0.25, -0.2) is 0 Å². The first-order chi connectivity index (χ1) is 8.47. The van der Waals surface area contributed by atoms with Crippen LogP contribution in [-0.2, 0) is 11.8 Å². The minimum Gasteiger partial charge on any atom is -0.371 e. The van der Waals surface area contributed by atoms with Crippen molar-refractivity contribution >= 4 is 11.6 Å². The molecule has 0 aliphatic rings. The predicted octanol–water partition coefficient (Wildman–Crippen LogP) is 1.83. The molecule has 0 aromatic carbocycles. The smallest absolute Gasteiger partial charge is 0.242 e. The number of aryl methyl sites for hydroxylation is 2. The maximum absolute atomic E-state index is 12.0. The summed E-state index contributed by atoms with van der Waals surface area (Å²) in [4.78, 5) is 12.0. The molecule has 0 aliphatic carbocycles. The van der Waals surface area contributed by atoms with Crippen molar-refractivity contribution in [1.29, 1.82) is 0 Å². The molecule has 0 aliphatic heterocycles. The minimum absolute atomic E-state index is 0.0342. The van der Waals surface area contributed by atoms with E-state index < -0.39 is 0 Å². The van der Waals surface area contributed by atoms with Gasteiger partial charge in [-0.05, 0) is 26.7 Å². The number of nitrogens with one attached hydrogen (secondary N) is 2. The normalized spacial score (nSPS) is 12.6. The molecule has 0 saturated carbocycles. The number of carbonyl (C=O) groups excluding carboxylic acids is 1. The van der Waals surface area contributed by atoms with Crippen molar-refractivity contribution in [2.24, 2.45) is 7.05 Å². The number of aromatic nitrogens is 2. The molecular formula is C13H24N4O. The highest BCUT2D eigenvalue weighted by molar-refractivity contribution is 5.84. The van der Waals surface area contributed by atoms with Crippen LogP contribution in [0.25, 0.3) is 0 Å². The van der Waals surface area contributed by atoms with E-state index in [-0.39, 0.29) is 18.0 Å². The van der Waals surface area contributed by atoms with Gasteiger partial charge in [0.05, 0.1) is 11.4 Å². The van der Waals surface area contributed by atoms with Gasteiger partial charge < -0.3 is 10.6 Å². The summed E-state index contributed by atoms with van der Waals surface area (Å²) in [6, 6.07) is 0.00486. The first-order valence-electron chi connectivity index (χ1n) is 6.55. The highest BCUT2D eigenvalue weighted by atomic mass is 16.2. The van der Waals surface area contributed by atoms with Crippen LogP contribution < -0.4 is 10.6 Å². The van der Waals surface area contributed by atoms with Crippen molar-refractivity contribution in [2.75, 3.05) is 5.32 Å². The zero-order valence-corrected chi connectivity index (χ0v) is 11.9. The number of anilines is 1. The van der Waals surface area contributed by atoms with Crippen LogP contribution >= 0.6 is 0 Å². The Morgan fingerprint density at radius 1 is 1.44 bits per heavy atom. The van der Waals surface area contributed by atoms with Crippen molar-refractivity contribution in [1.82, 2.24) is 15.1 Å². The molecule has 0 bridgehead atoms. The minimum atomic E-state index is -0.256. The topological polar surface area (TPSA) is 59.0 Å². The summed E-state index contributed by atoms with van der Waals surface area (Å²) >= 11 is 0. The molecule has 0 radical (unpaired) electrons. The van der Waals surface area contributed by atoms with Gasteiger partial charge in [0.2, 0.25) is 5.91 Å². The summed E-state index contributed by atoms with van der Waals surface area (Å²) in [7, 11) is 1.87. The summed E-state index contributed by atoms with van der Waals surface area (Å²) in [5.41, 5.74) is 1.81. The molecule has 5 nitrogen and oxygen atoms in total. The SMILES string of the molecule is CCC(CC)NC(=O)C(C)Nc1cn(C)nc1C. The molecule has 1 aromatic heterocycles. The number of amides is 1. The molecule has 1 heterocycles. The largest absolute Gasteiger partial charge is 0.371 e. The van der Waals surface area contributed by atoms with Crippen LogP contribution in [0.15, 0.2) is 6.20 Å². The Morgan fingerprint density at radius 3 is 2.50 bits per heavy atom. The lowest BCUT2D eigenvalue weighted by Crippen LogP contribution is -2.42. The van der Waals surface area contributed by atoms with Gasteiger partial charge in [-0.2, -0.15) is 5.10 Å². The number of nitrogens with zero attached hydrogens (tertiary/aromatic N) is 2. The first kappa shape index (κ1) is 14.5. The molecule has 18 heavy (non-hydrogen) atoms. The number of hydrogen-bond acceptors (Lipinski definition) is 3. The van der Waals surface area contributed by atoms with Crippen molar-refractivity contribution < 1.29 is 4.79 Å². The zero-order valence-electron chi connectivity index (χ0n) is 11.9. The van der Waals surface area contributed by atoms with Gasteiger partial charge in [-0.3, -0.25) is 9.48 Å². The summed E-state index contributed by atoms with van der Waals surface area (Å²) < 4.78 is 1.74. The fourth-order valence-electron chi connectivity index (χ4n) is 1.86. The number of hydrogen-bond donors (Lipinski definition) is 2. The van der Waals surface area contributed by atoms with E-state index in [1.807, 2.05) is 27.1 Å². The molecule has 1 unspecified atom stereocenters. The Morgan fingerprint density at radius 2 is 2.06 bits per heavy atom. The molecule has 0 spiro atoms. The fourth-order valence-corrected chi connectivity index (χ4v) is 1.86. The van der Waals surface area contributed by atoms with Crippen molar-refractivity contribution in [3.8, 4) is 0 Å². The number of rotatable bonds is 6. The van der Waals surface area contributed by atoms with Gasteiger partial charge in [0.15, 0.2) is 0 Å². The van der Waals surface area contributed by atoms with E-state index in [1.165, 1.54) is 0 Å². The Kier molecular flexibility index (Phi) is 5.19. The van der Waals surface area contributed by atoms with E-state index in [1.54, 1.807) is 4.68 Å². The molecule has 5 heteroatoms. The van der Waals surface area contributed by atoms with Gasteiger partial charge in [-0.1, -0.05) is 13.8 Å². The lowest BCUT2D eigenvalue weighted by molar-refractivity contribution is -0.122. The first-order valence-corrected chi connectivity index (χ1v) is 6.55. The second kappa shape index (κ2) is 6.42. The maximum atomic E-state index is 12.0. The third-order valence-corrected chi connectivity index (χ3v) is 3.11. The molecule has 1 rings (SSSR count). The van der Waals surface area contributed by atoms with Crippen molar-refractivity contribution in [3.05, 3.63) is 11.9 Å². The zero-order chi connectivity index (χ0) is 13.7. The predicted molar refractivity (Wildman–Crippen MR) is 73.5 cm³/mol. The molecule has 0 fully saturated rings. The Balaban J connectivity index is 2.57. The van der Waals surface area contributed by atoms with Crippen LogP contribution in [0.5, 0.6) is 0 Å². The molecule has 0 saturated heterocycles. The second-order valence-electron chi connectivity index (χ2n) is 4.69. The van der Waals surface area contributed by atoms with Crippen LogP contribution in [0.4, 0.5) is 5.69 Å². The molecule has 1 aromatic rings. The van der Waals surface area contributed by atoms with Crippen LogP contribution in [0.1, 0.15) is 39.3 Å². The highest BCUT2D eigenvalue weighted by Gasteiger charge is 2.17. The quantitative estimate of drug-likeness (QED) is 0.812. The Labute approximate surface area is 109 Å². The number of carbonyl (C=O) groups is 1. The van der Waals surface area contributed by atoms with Gasteiger partial charge in [0, 0.05) is 19.3 Å². The average molecular weight is 252 g/mol. The van der Waals surface area contributed by atoms with Gasteiger partial charge in [-0.15, -0.1) is 0 Å². The lowest BCUT2D eigenvalue weighted by Gasteiger charge is -2.19. The van der Waals surface area contributed by atoms with Gasteiger partial charge in [0.1, 0.15) is 6.04 Å². The van der Waals surface area contributed by atoms with Gasteiger partial charge >= 0.3 is 0 Å². The fraction of sp³-hybridized carbons (Fsp3) is 0.692. The van der Waals surface area contributed by atoms with Crippen molar-refractivity contribution in [3.63, 3.8) is 0 Å². The lowest BCUT2D eigenvalue weighted by atomic mass is 10.1. The standard InChI is InChI=1S/C13H24N4O/c1-6-11(7-2)15-13(18)10(4)14-12-8-17(5)16-9(12)3/h8,10-11,14H,6-7H2,1-5H3,(H,15,18). The van der Waals surface area contributed by atoms with Crippen LogP contribution in [-0.4, -0.2) is 27.8 Å². The summed E-state index contributed by atoms with van der Waals surface area (Å²) in [5, 5.41) is 10.5. The van der Waals surface area contributed by atoms with Crippen molar-refractivity contribution in [2.45, 2.75) is 52.6 Å². The average Bonchev–Trinajstić information content (AvgIpc) is 2.64. The van der Waals surface area contributed by atoms with E-state index in [0.29, 0.717) is 0 Å². The second-order valence-corrected chi connectivity index (χ2v) is 4.69.